The number of rotatable bonds is 5. The highest BCUT2D eigenvalue weighted by Crippen LogP contribution is 2.34. The summed E-state index contributed by atoms with van der Waals surface area (Å²) < 4.78 is 0. The summed E-state index contributed by atoms with van der Waals surface area (Å²) in [5.74, 6) is -1.56. The smallest absolute Gasteiger partial charge is 0.308 e. The molecule has 5 nitrogen and oxygen atoms in total. The first-order chi connectivity index (χ1) is 8.93. The number of carboxylic acids is 1. The average Bonchev–Trinajstić information content (AvgIpc) is 2.63. The van der Waals surface area contributed by atoms with Gasteiger partial charge in [-0.2, -0.15) is 0 Å². The van der Waals surface area contributed by atoms with E-state index in [2.05, 4.69) is 5.32 Å². The largest absolute Gasteiger partial charge is 0.481 e. The molecule has 0 heterocycles. The van der Waals surface area contributed by atoms with Crippen molar-refractivity contribution in [2.75, 3.05) is 6.54 Å². The SMILES string of the molecule is CC(NC(=O)C1(CN)CCCCCC1)C(C)C(=O)O. The second-order valence-corrected chi connectivity index (χ2v) is 5.79. The number of carbonyl (C=O) groups excluding carboxylic acids is 1. The van der Waals surface area contributed by atoms with Crippen LogP contribution in [0.3, 0.4) is 0 Å². The Labute approximate surface area is 114 Å². The molecule has 1 amide bonds. The van der Waals surface area contributed by atoms with Crippen molar-refractivity contribution < 1.29 is 14.7 Å². The maximum Gasteiger partial charge on any atom is 0.308 e. The molecule has 0 spiro atoms. The Kier molecular flexibility index (Phi) is 5.79. The van der Waals surface area contributed by atoms with E-state index < -0.39 is 17.3 Å². The number of carbonyl (C=O) groups is 2. The van der Waals surface area contributed by atoms with Crippen molar-refractivity contribution in [1.82, 2.24) is 5.32 Å². The Hall–Kier alpha value is -1.10. The topological polar surface area (TPSA) is 92.4 Å². The molecule has 110 valence electrons. The predicted octanol–water partition coefficient (Wildman–Crippen LogP) is 1.51. The highest BCUT2D eigenvalue weighted by molar-refractivity contribution is 5.84. The van der Waals surface area contributed by atoms with Gasteiger partial charge in [-0.3, -0.25) is 9.59 Å². The molecule has 0 saturated heterocycles. The fraction of sp³-hybridized carbons (Fsp3) is 0.857. The number of hydrogen-bond acceptors (Lipinski definition) is 3. The highest BCUT2D eigenvalue weighted by atomic mass is 16.4. The van der Waals surface area contributed by atoms with Gasteiger partial charge in [0.15, 0.2) is 0 Å². The number of amides is 1. The molecule has 5 heteroatoms. The number of aliphatic carboxylic acids is 1. The molecule has 0 aromatic rings. The summed E-state index contributed by atoms with van der Waals surface area (Å²) in [7, 11) is 0. The molecule has 2 unspecified atom stereocenters. The van der Waals surface area contributed by atoms with Crippen LogP contribution < -0.4 is 11.1 Å². The molecule has 1 aliphatic carbocycles. The Morgan fingerprint density at radius 2 is 1.74 bits per heavy atom. The zero-order valence-electron chi connectivity index (χ0n) is 11.9. The molecule has 0 radical (unpaired) electrons. The first kappa shape index (κ1) is 16.0. The van der Waals surface area contributed by atoms with Gasteiger partial charge in [0.25, 0.3) is 0 Å². The summed E-state index contributed by atoms with van der Waals surface area (Å²) in [6.45, 7) is 3.68. The van der Waals surface area contributed by atoms with Gasteiger partial charge < -0.3 is 16.2 Å². The third-order valence-corrected chi connectivity index (χ3v) is 4.43. The molecule has 1 aliphatic rings. The van der Waals surface area contributed by atoms with Crippen molar-refractivity contribution >= 4 is 11.9 Å². The second-order valence-electron chi connectivity index (χ2n) is 5.79. The van der Waals surface area contributed by atoms with Crippen molar-refractivity contribution in [3.05, 3.63) is 0 Å². The first-order valence-electron chi connectivity index (χ1n) is 7.17. The minimum absolute atomic E-state index is 0.0718. The molecule has 0 aliphatic heterocycles. The molecule has 1 rings (SSSR count). The summed E-state index contributed by atoms with van der Waals surface area (Å²) in [5.41, 5.74) is 5.35. The summed E-state index contributed by atoms with van der Waals surface area (Å²) in [6.07, 6.45) is 5.96. The molecule has 19 heavy (non-hydrogen) atoms. The summed E-state index contributed by atoms with van der Waals surface area (Å²) >= 11 is 0. The number of hydrogen-bond donors (Lipinski definition) is 3. The minimum atomic E-state index is -0.893. The predicted molar refractivity (Wildman–Crippen MR) is 73.6 cm³/mol. The van der Waals surface area contributed by atoms with Crippen LogP contribution in [0.1, 0.15) is 52.4 Å². The molecule has 0 aromatic heterocycles. The normalized spacial score (nSPS) is 22.1. The zero-order chi connectivity index (χ0) is 14.5. The van der Waals surface area contributed by atoms with Crippen LogP contribution in [0.4, 0.5) is 0 Å². The standard InChI is InChI=1S/C14H26N2O3/c1-10(12(17)18)11(2)16-13(19)14(9-15)7-5-3-4-6-8-14/h10-11H,3-9,15H2,1-2H3,(H,16,19)(H,17,18). The minimum Gasteiger partial charge on any atom is -0.481 e. The van der Waals surface area contributed by atoms with Crippen LogP contribution in [0.5, 0.6) is 0 Å². The van der Waals surface area contributed by atoms with Gasteiger partial charge in [-0.15, -0.1) is 0 Å². The van der Waals surface area contributed by atoms with Gasteiger partial charge in [0, 0.05) is 12.6 Å². The molecule has 1 saturated carbocycles. The average molecular weight is 270 g/mol. The van der Waals surface area contributed by atoms with E-state index in [1.54, 1.807) is 13.8 Å². The molecule has 4 N–H and O–H groups in total. The fourth-order valence-electron chi connectivity index (χ4n) is 2.63. The van der Waals surface area contributed by atoms with Crippen molar-refractivity contribution in [2.45, 2.75) is 58.4 Å². The van der Waals surface area contributed by atoms with E-state index in [9.17, 15) is 9.59 Å². The highest BCUT2D eigenvalue weighted by Gasteiger charge is 2.38. The van der Waals surface area contributed by atoms with Gasteiger partial charge >= 0.3 is 5.97 Å². The monoisotopic (exact) mass is 270 g/mol. The maximum atomic E-state index is 12.5. The molecular weight excluding hydrogens is 244 g/mol. The number of nitrogens with one attached hydrogen (secondary N) is 1. The number of carboxylic acid groups (broad SMARTS) is 1. The second kappa shape index (κ2) is 6.89. The number of nitrogens with two attached hydrogens (primary N) is 1. The lowest BCUT2D eigenvalue weighted by molar-refractivity contribution is -0.142. The lowest BCUT2D eigenvalue weighted by atomic mass is 9.79. The zero-order valence-corrected chi connectivity index (χ0v) is 11.9. The van der Waals surface area contributed by atoms with Crippen molar-refractivity contribution in [3.63, 3.8) is 0 Å². The first-order valence-corrected chi connectivity index (χ1v) is 7.17. The van der Waals surface area contributed by atoms with Gasteiger partial charge in [-0.25, -0.2) is 0 Å². The van der Waals surface area contributed by atoms with E-state index in [0.29, 0.717) is 6.54 Å². The Morgan fingerprint density at radius 3 is 2.16 bits per heavy atom. The van der Waals surface area contributed by atoms with Crippen LogP contribution in [0.2, 0.25) is 0 Å². The summed E-state index contributed by atoms with van der Waals surface area (Å²) in [4.78, 5) is 23.4. The van der Waals surface area contributed by atoms with Gasteiger partial charge in [0.05, 0.1) is 11.3 Å². The molecule has 0 aromatic carbocycles. The third kappa shape index (κ3) is 3.93. The van der Waals surface area contributed by atoms with E-state index in [0.717, 1.165) is 38.5 Å². The molecule has 1 fully saturated rings. The lowest BCUT2D eigenvalue weighted by Gasteiger charge is -2.32. The molecular formula is C14H26N2O3. The van der Waals surface area contributed by atoms with Crippen molar-refractivity contribution in [2.24, 2.45) is 17.1 Å². The van der Waals surface area contributed by atoms with Crippen LogP contribution in [0.15, 0.2) is 0 Å². The fourth-order valence-corrected chi connectivity index (χ4v) is 2.63. The van der Waals surface area contributed by atoms with E-state index in [4.69, 9.17) is 10.8 Å². The van der Waals surface area contributed by atoms with Crippen LogP contribution in [0, 0.1) is 11.3 Å². The molecule has 2 atom stereocenters. The quantitative estimate of drug-likeness (QED) is 0.660. The summed E-state index contributed by atoms with van der Waals surface area (Å²) in [6, 6.07) is -0.378. The van der Waals surface area contributed by atoms with Gasteiger partial charge in [-0.1, -0.05) is 25.7 Å². The van der Waals surface area contributed by atoms with E-state index in [1.807, 2.05) is 0 Å². The van der Waals surface area contributed by atoms with Crippen molar-refractivity contribution in [1.29, 1.82) is 0 Å². The lowest BCUT2D eigenvalue weighted by Crippen LogP contribution is -2.50. The Bertz CT molecular complexity index is 323. The van der Waals surface area contributed by atoms with Crippen LogP contribution in [-0.4, -0.2) is 29.6 Å². The van der Waals surface area contributed by atoms with E-state index in [-0.39, 0.29) is 11.9 Å². The Morgan fingerprint density at radius 1 is 1.21 bits per heavy atom. The van der Waals surface area contributed by atoms with Crippen LogP contribution >= 0.6 is 0 Å². The van der Waals surface area contributed by atoms with E-state index >= 15 is 0 Å². The van der Waals surface area contributed by atoms with Crippen LogP contribution in [-0.2, 0) is 9.59 Å². The van der Waals surface area contributed by atoms with Crippen molar-refractivity contribution in [3.8, 4) is 0 Å². The summed E-state index contributed by atoms with van der Waals surface area (Å²) in [5, 5.41) is 11.8. The maximum absolute atomic E-state index is 12.5. The Balaban J connectivity index is 2.70. The van der Waals surface area contributed by atoms with Gasteiger partial charge in [0.2, 0.25) is 5.91 Å². The van der Waals surface area contributed by atoms with Crippen LogP contribution in [0.25, 0.3) is 0 Å². The molecule has 0 bridgehead atoms. The van der Waals surface area contributed by atoms with E-state index in [1.165, 1.54) is 0 Å². The van der Waals surface area contributed by atoms with Gasteiger partial charge in [0.1, 0.15) is 0 Å². The third-order valence-electron chi connectivity index (χ3n) is 4.43. The van der Waals surface area contributed by atoms with Gasteiger partial charge in [-0.05, 0) is 26.7 Å².